The van der Waals surface area contributed by atoms with E-state index in [-0.39, 0.29) is 36.7 Å². The quantitative estimate of drug-likeness (QED) is 0.207. The predicted molar refractivity (Wildman–Crippen MR) is 161 cm³/mol. The molecule has 0 radical (unpaired) electrons. The van der Waals surface area contributed by atoms with Crippen LogP contribution in [0.15, 0.2) is 36.9 Å². The zero-order valence-electron chi connectivity index (χ0n) is 25.4. The number of nitrogens with one attached hydrogen (secondary N) is 1. The number of ketones is 1. The molecule has 1 aromatic heterocycles. The van der Waals surface area contributed by atoms with Gasteiger partial charge >= 0.3 is 12.1 Å². The highest BCUT2D eigenvalue weighted by Gasteiger charge is 2.62. The number of ether oxygens (including phenoxy) is 3. The fourth-order valence-corrected chi connectivity index (χ4v) is 5.20. The molecular weight excluding hydrogens is 539 g/mol. The van der Waals surface area contributed by atoms with Gasteiger partial charge in [-0.25, -0.2) is 14.6 Å². The third kappa shape index (κ3) is 6.22. The highest BCUT2D eigenvalue weighted by atomic mass is 16.6. The number of Topliss-reactive ketones (excluding diaryl/α,β-unsaturated/α-hetero) is 1. The highest BCUT2D eigenvalue weighted by Crippen LogP contribution is 2.45. The zero-order valence-corrected chi connectivity index (χ0v) is 25.4. The molecule has 1 aliphatic heterocycles. The van der Waals surface area contributed by atoms with Crippen LogP contribution in [0.5, 0.6) is 5.75 Å². The number of pyridine rings is 1. The van der Waals surface area contributed by atoms with Crippen molar-refractivity contribution in [2.75, 3.05) is 32.6 Å². The molecule has 1 saturated heterocycles. The number of hydrogen-bond acceptors (Lipinski definition) is 9. The summed E-state index contributed by atoms with van der Waals surface area (Å²) in [6.07, 6.45) is 1.10. The molecule has 2 heterocycles. The minimum atomic E-state index is -1.22. The molecule has 2 amide bonds. The third-order valence-electron chi connectivity index (χ3n) is 7.56. The topological polar surface area (TPSA) is 127 Å². The highest BCUT2D eigenvalue weighted by molar-refractivity contribution is 6.23. The number of carbonyl (C=O) groups is 4. The molecule has 0 bridgehead atoms. The molecule has 2 aliphatic rings. The fourth-order valence-electron chi connectivity index (χ4n) is 5.20. The van der Waals surface area contributed by atoms with Crippen LogP contribution < -0.4 is 15.0 Å². The van der Waals surface area contributed by atoms with Crippen LogP contribution in [0, 0.1) is 5.92 Å². The lowest BCUT2D eigenvalue weighted by molar-refractivity contribution is -0.147. The lowest BCUT2D eigenvalue weighted by atomic mass is 9.98. The molecule has 2 fully saturated rings. The standard InChI is InChI=1S/C30H39BN4O7/c1-8-17-14-30(17,27(38)40-7)33-26(37)23-12-19(16-35(23)28(39)42-29(2,3)4)41-25-13-22(24(36)15-31)32-21-11-18(34(5)6)9-10-20(21)25/h8-11,13,17,19,23H,1,12,14-16,31H2,2-7H3,(H,33,37)/t17-,19-,23+,30-/m1/s1. The van der Waals surface area contributed by atoms with E-state index in [9.17, 15) is 19.2 Å². The van der Waals surface area contributed by atoms with Crippen molar-refractivity contribution >= 4 is 48.2 Å². The van der Waals surface area contributed by atoms with Crippen molar-refractivity contribution in [3.8, 4) is 5.75 Å². The van der Waals surface area contributed by atoms with Gasteiger partial charge in [-0.1, -0.05) is 6.08 Å². The van der Waals surface area contributed by atoms with Crippen molar-refractivity contribution in [3.05, 3.63) is 42.6 Å². The van der Waals surface area contributed by atoms with Crippen LogP contribution in [0.2, 0.25) is 6.32 Å². The number of benzene rings is 1. The van der Waals surface area contributed by atoms with Crippen LogP contribution in [0.4, 0.5) is 10.5 Å². The number of amides is 2. The second-order valence-electron chi connectivity index (χ2n) is 12.0. The molecule has 1 aromatic carbocycles. The van der Waals surface area contributed by atoms with Gasteiger partial charge in [0.1, 0.15) is 42.6 Å². The number of esters is 1. The van der Waals surface area contributed by atoms with E-state index in [2.05, 4.69) is 16.9 Å². The van der Waals surface area contributed by atoms with Crippen LogP contribution in [0.1, 0.15) is 44.1 Å². The second kappa shape index (κ2) is 11.7. The van der Waals surface area contributed by atoms with E-state index >= 15 is 0 Å². The summed E-state index contributed by atoms with van der Waals surface area (Å²) in [5.41, 5.74) is -0.233. The first-order valence-electron chi connectivity index (χ1n) is 14.1. The average Bonchev–Trinajstić information content (AvgIpc) is 3.48. The Morgan fingerprint density at radius 3 is 2.52 bits per heavy atom. The molecule has 4 atom stereocenters. The molecule has 224 valence electrons. The molecule has 0 spiro atoms. The maximum Gasteiger partial charge on any atom is 0.411 e. The summed E-state index contributed by atoms with van der Waals surface area (Å²) in [5, 5.41) is 3.52. The van der Waals surface area contributed by atoms with Gasteiger partial charge in [-0.05, 0) is 51.7 Å². The Kier molecular flexibility index (Phi) is 8.57. The van der Waals surface area contributed by atoms with E-state index in [1.165, 1.54) is 12.0 Å². The van der Waals surface area contributed by atoms with Gasteiger partial charge in [0.05, 0.1) is 19.2 Å². The number of nitrogens with zero attached hydrogens (tertiary/aromatic N) is 3. The number of likely N-dealkylation sites (tertiary alicyclic amines) is 1. The van der Waals surface area contributed by atoms with Gasteiger partial charge in [-0.2, -0.15) is 0 Å². The fraction of sp³-hybridized carbons (Fsp3) is 0.500. The summed E-state index contributed by atoms with van der Waals surface area (Å²) in [6.45, 7) is 9.03. The predicted octanol–water partition coefficient (Wildman–Crippen LogP) is 2.53. The van der Waals surface area contributed by atoms with Crippen LogP contribution in [-0.2, 0) is 19.1 Å². The number of methoxy groups -OCH3 is 1. The Bertz CT molecular complexity index is 1420. The summed E-state index contributed by atoms with van der Waals surface area (Å²) < 4.78 is 17.0. The van der Waals surface area contributed by atoms with E-state index in [0.717, 1.165) is 5.69 Å². The van der Waals surface area contributed by atoms with Crippen LogP contribution in [0.3, 0.4) is 0 Å². The van der Waals surface area contributed by atoms with E-state index in [4.69, 9.17) is 14.2 Å². The third-order valence-corrected chi connectivity index (χ3v) is 7.56. The minimum Gasteiger partial charge on any atom is -0.488 e. The van der Waals surface area contributed by atoms with Crippen molar-refractivity contribution in [1.29, 1.82) is 0 Å². The van der Waals surface area contributed by atoms with Gasteiger partial charge in [0.25, 0.3) is 0 Å². The summed E-state index contributed by atoms with van der Waals surface area (Å²) >= 11 is 0. The average molecular weight is 578 g/mol. The van der Waals surface area contributed by atoms with Gasteiger partial charge in [0.15, 0.2) is 5.78 Å². The number of carbonyl (C=O) groups excluding carboxylic acids is 4. The number of aromatic nitrogens is 1. The monoisotopic (exact) mass is 578 g/mol. The van der Waals surface area contributed by atoms with E-state index in [1.807, 2.05) is 37.2 Å². The number of hydrogen-bond donors (Lipinski definition) is 1. The van der Waals surface area contributed by atoms with E-state index in [0.29, 0.717) is 23.1 Å². The van der Waals surface area contributed by atoms with Gasteiger partial charge in [0, 0.05) is 43.6 Å². The molecule has 4 rings (SSSR count). The smallest absolute Gasteiger partial charge is 0.411 e. The molecule has 0 unspecified atom stereocenters. The first kappa shape index (κ1) is 30.9. The molecule has 1 N–H and O–H groups in total. The lowest BCUT2D eigenvalue weighted by Crippen LogP contribution is -2.53. The van der Waals surface area contributed by atoms with Crippen LogP contribution >= 0.6 is 0 Å². The van der Waals surface area contributed by atoms with Crippen LogP contribution in [-0.4, -0.2) is 92.5 Å². The molecule has 1 saturated carbocycles. The van der Waals surface area contributed by atoms with Gasteiger partial charge < -0.3 is 24.4 Å². The van der Waals surface area contributed by atoms with Gasteiger partial charge in [0.2, 0.25) is 5.91 Å². The largest absolute Gasteiger partial charge is 0.488 e. The Balaban J connectivity index is 1.66. The maximum atomic E-state index is 13.6. The summed E-state index contributed by atoms with van der Waals surface area (Å²) in [4.78, 5) is 60.0. The Morgan fingerprint density at radius 1 is 1.24 bits per heavy atom. The lowest BCUT2D eigenvalue weighted by Gasteiger charge is -2.28. The van der Waals surface area contributed by atoms with Crippen molar-refractivity contribution in [3.63, 3.8) is 0 Å². The summed E-state index contributed by atoms with van der Waals surface area (Å²) in [6, 6.07) is 6.32. The number of anilines is 1. The van der Waals surface area contributed by atoms with Gasteiger partial charge in [-0.15, -0.1) is 6.58 Å². The van der Waals surface area contributed by atoms with Crippen LogP contribution in [0.25, 0.3) is 10.9 Å². The molecule has 42 heavy (non-hydrogen) atoms. The van der Waals surface area contributed by atoms with Crippen molar-refractivity contribution in [2.24, 2.45) is 5.92 Å². The molecule has 1 aliphatic carbocycles. The molecule has 12 heteroatoms. The SMILES string of the molecule is BCC(=O)c1cc(O[C@@H]2C[C@@H](C(=O)N[C@]3(C(=O)OC)C[C@H]3C=C)N(C(=O)OC(C)(C)C)C2)c2ccc(N(C)C)cc2n1. The zero-order chi connectivity index (χ0) is 31.0. The Labute approximate surface area is 247 Å². The number of fused-ring (bicyclic) bond motifs is 1. The van der Waals surface area contributed by atoms with E-state index < -0.39 is 41.3 Å². The Hall–Kier alpha value is -4.09. The summed E-state index contributed by atoms with van der Waals surface area (Å²) in [5.74, 6) is -1.06. The van der Waals surface area contributed by atoms with Crippen molar-refractivity contribution in [2.45, 2.75) is 63.2 Å². The summed E-state index contributed by atoms with van der Waals surface area (Å²) in [7, 11) is 6.86. The first-order chi connectivity index (χ1) is 19.7. The maximum absolute atomic E-state index is 13.6. The Morgan fingerprint density at radius 2 is 1.95 bits per heavy atom. The van der Waals surface area contributed by atoms with Crippen molar-refractivity contribution < 1.29 is 33.4 Å². The molecule has 11 nitrogen and oxygen atoms in total. The second-order valence-corrected chi connectivity index (χ2v) is 12.0. The molecular formula is C30H39BN4O7. The van der Waals surface area contributed by atoms with Gasteiger partial charge in [-0.3, -0.25) is 14.5 Å². The molecule has 2 aromatic rings. The van der Waals surface area contributed by atoms with E-state index in [1.54, 1.807) is 40.8 Å². The van der Waals surface area contributed by atoms with Crippen molar-refractivity contribution in [1.82, 2.24) is 15.2 Å². The number of rotatable bonds is 9. The first-order valence-corrected chi connectivity index (χ1v) is 14.1. The normalized spacial score (nSPS) is 23.2. The minimum absolute atomic E-state index is 0.0553.